The normalized spacial score (nSPS) is 16.4. The van der Waals surface area contributed by atoms with Gasteiger partial charge in [0.25, 0.3) is 0 Å². The summed E-state index contributed by atoms with van der Waals surface area (Å²) in [7, 11) is 2.16. The van der Waals surface area contributed by atoms with Crippen LogP contribution in [0.15, 0.2) is 24.3 Å². The van der Waals surface area contributed by atoms with Crippen molar-refractivity contribution in [1.29, 1.82) is 0 Å². The molecule has 128 valence electrons. The fourth-order valence-corrected chi connectivity index (χ4v) is 3.99. The van der Waals surface area contributed by atoms with Gasteiger partial charge in [-0.3, -0.25) is 4.79 Å². The molecule has 1 aromatic rings. The van der Waals surface area contributed by atoms with E-state index < -0.39 is 0 Å². The van der Waals surface area contributed by atoms with Gasteiger partial charge in [-0.1, -0.05) is 24.3 Å². The van der Waals surface area contributed by atoms with Crippen molar-refractivity contribution in [2.24, 2.45) is 5.92 Å². The molecule has 0 aromatic heterocycles. The fraction of sp³-hybridized carbons (Fsp3) is 0.632. The van der Waals surface area contributed by atoms with E-state index in [2.05, 4.69) is 48.5 Å². The number of hydrogen-bond donors (Lipinski definition) is 1. The number of hydrogen-bond acceptors (Lipinski definition) is 3. The van der Waals surface area contributed by atoms with E-state index >= 15 is 0 Å². The molecule has 1 aromatic carbocycles. The molecule has 1 saturated heterocycles. The molecule has 3 nitrogen and oxygen atoms in total. The maximum atomic E-state index is 12.0. The van der Waals surface area contributed by atoms with Gasteiger partial charge in [0.1, 0.15) is 0 Å². The van der Waals surface area contributed by atoms with Gasteiger partial charge in [0.05, 0.1) is 0 Å². The first-order valence-corrected chi connectivity index (χ1v) is 9.88. The zero-order valence-electron chi connectivity index (χ0n) is 14.5. The zero-order valence-corrected chi connectivity index (χ0v) is 15.3. The van der Waals surface area contributed by atoms with Crippen molar-refractivity contribution >= 4 is 17.7 Å². The maximum absolute atomic E-state index is 12.0. The van der Waals surface area contributed by atoms with Gasteiger partial charge in [-0.15, -0.1) is 0 Å². The third-order valence-electron chi connectivity index (χ3n) is 4.62. The molecule has 1 heterocycles. The van der Waals surface area contributed by atoms with E-state index in [4.69, 9.17) is 0 Å². The van der Waals surface area contributed by atoms with Crippen molar-refractivity contribution < 1.29 is 4.79 Å². The van der Waals surface area contributed by atoms with Crippen LogP contribution in [0, 0.1) is 12.8 Å². The predicted molar refractivity (Wildman–Crippen MR) is 99.8 cm³/mol. The van der Waals surface area contributed by atoms with Crippen molar-refractivity contribution in [3.8, 4) is 0 Å². The van der Waals surface area contributed by atoms with Crippen LogP contribution in [-0.2, 0) is 10.5 Å². The van der Waals surface area contributed by atoms with Crippen LogP contribution < -0.4 is 5.32 Å². The molecule has 0 bridgehead atoms. The van der Waals surface area contributed by atoms with Gasteiger partial charge in [0, 0.05) is 18.7 Å². The minimum absolute atomic E-state index is 0.239. The smallest absolute Gasteiger partial charge is 0.220 e. The number of amides is 1. The molecule has 0 spiro atoms. The first-order valence-electron chi connectivity index (χ1n) is 8.72. The first kappa shape index (κ1) is 18.3. The molecule has 1 N–H and O–H groups in total. The van der Waals surface area contributed by atoms with Crippen LogP contribution in [0.5, 0.6) is 0 Å². The van der Waals surface area contributed by atoms with Gasteiger partial charge in [-0.2, -0.15) is 11.8 Å². The summed E-state index contributed by atoms with van der Waals surface area (Å²) in [6.45, 7) is 5.24. The SMILES string of the molecule is Cc1ccccc1CSCCCNC(=O)CC1CCN(C)CC1. The molecule has 0 saturated carbocycles. The number of thioether (sulfide) groups is 1. The Bertz CT molecular complexity index is 484. The second-order valence-electron chi connectivity index (χ2n) is 6.63. The van der Waals surface area contributed by atoms with Crippen molar-refractivity contribution in [3.05, 3.63) is 35.4 Å². The van der Waals surface area contributed by atoms with Crippen LogP contribution in [0.25, 0.3) is 0 Å². The van der Waals surface area contributed by atoms with Gasteiger partial charge >= 0.3 is 0 Å². The summed E-state index contributed by atoms with van der Waals surface area (Å²) in [5, 5.41) is 3.09. The average Bonchev–Trinajstić information content (AvgIpc) is 2.54. The number of carbonyl (C=O) groups excluding carboxylic acids is 1. The van der Waals surface area contributed by atoms with Gasteiger partial charge in [0.2, 0.25) is 5.91 Å². The lowest BCUT2D eigenvalue weighted by Crippen LogP contribution is -2.33. The molecule has 1 amide bonds. The van der Waals surface area contributed by atoms with Gasteiger partial charge < -0.3 is 10.2 Å². The Labute approximate surface area is 145 Å². The highest BCUT2D eigenvalue weighted by Gasteiger charge is 2.19. The van der Waals surface area contributed by atoms with Crippen molar-refractivity contribution in [2.75, 3.05) is 32.4 Å². The standard InChI is InChI=1S/C19H30N2OS/c1-16-6-3-4-7-18(16)15-23-13-5-10-20-19(22)14-17-8-11-21(2)12-9-17/h3-4,6-7,17H,5,8-15H2,1-2H3,(H,20,22). The monoisotopic (exact) mass is 334 g/mol. The Kier molecular flexibility index (Phi) is 7.96. The highest BCUT2D eigenvalue weighted by molar-refractivity contribution is 7.98. The number of carbonyl (C=O) groups is 1. The van der Waals surface area contributed by atoms with Crippen LogP contribution >= 0.6 is 11.8 Å². The maximum Gasteiger partial charge on any atom is 0.220 e. The molecule has 0 atom stereocenters. The van der Waals surface area contributed by atoms with Gasteiger partial charge in [-0.05, 0) is 69.1 Å². The van der Waals surface area contributed by atoms with E-state index in [1.54, 1.807) is 0 Å². The van der Waals surface area contributed by atoms with E-state index in [9.17, 15) is 4.79 Å². The number of nitrogens with one attached hydrogen (secondary N) is 1. The minimum atomic E-state index is 0.239. The minimum Gasteiger partial charge on any atom is -0.356 e. The van der Waals surface area contributed by atoms with E-state index in [1.807, 2.05) is 11.8 Å². The van der Waals surface area contributed by atoms with Gasteiger partial charge in [-0.25, -0.2) is 0 Å². The molecular weight excluding hydrogens is 304 g/mol. The molecule has 0 unspecified atom stereocenters. The van der Waals surface area contributed by atoms with Gasteiger partial charge in [0.15, 0.2) is 0 Å². The van der Waals surface area contributed by atoms with Crippen LogP contribution in [0.1, 0.15) is 36.8 Å². The molecule has 23 heavy (non-hydrogen) atoms. The Balaban J connectivity index is 1.50. The predicted octanol–water partition coefficient (Wildman–Crippen LogP) is 3.47. The molecule has 0 aliphatic carbocycles. The highest BCUT2D eigenvalue weighted by atomic mass is 32.2. The number of benzene rings is 1. The van der Waals surface area contributed by atoms with Crippen LogP contribution in [0.3, 0.4) is 0 Å². The molecule has 1 fully saturated rings. The lowest BCUT2D eigenvalue weighted by molar-refractivity contribution is -0.122. The number of aryl methyl sites for hydroxylation is 1. The molecule has 1 aliphatic heterocycles. The zero-order chi connectivity index (χ0) is 16.5. The third kappa shape index (κ3) is 6.96. The third-order valence-corrected chi connectivity index (χ3v) is 5.71. The summed E-state index contributed by atoms with van der Waals surface area (Å²) in [6.07, 6.45) is 4.09. The highest BCUT2D eigenvalue weighted by Crippen LogP contribution is 2.19. The number of nitrogens with zero attached hydrogens (tertiary/aromatic N) is 1. The summed E-state index contributed by atoms with van der Waals surface area (Å²) in [5.41, 5.74) is 2.79. The second kappa shape index (κ2) is 9.99. The molecule has 0 radical (unpaired) electrons. The van der Waals surface area contributed by atoms with Crippen LogP contribution in [0.4, 0.5) is 0 Å². The van der Waals surface area contributed by atoms with Crippen molar-refractivity contribution in [1.82, 2.24) is 10.2 Å². The lowest BCUT2D eigenvalue weighted by Gasteiger charge is -2.28. The Morgan fingerprint density at radius 3 is 2.78 bits per heavy atom. The Hall–Kier alpha value is -1.00. The average molecular weight is 335 g/mol. The van der Waals surface area contributed by atoms with E-state index in [0.717, 1.165) is 50.4 Å². The van der Waals surface area contributed by atoms with Crippen molar-refractivity contribution in [2.45, 2.75) is 38.4 Å². The second-order valence-corrected chi connectivity index (χ2v) is 7.74. The van der Waals surface area contributed by atoms with Crippen LogP contribution in [-0.4, -0.2) is 43.2 Å². The quantitative estimate of drug-likeness (QED) is 0.739. The van der Waals surface area contributed by atoms with E-state index in [0.29, 0.717) is 12.3 Å². The molecule has 2 rings (SSSR count). The topological polar surface area (TPSA) is 32.3 Å². The fourth-order valence-electron chi connectivity index (χ4n) is 2.96. The summed E-state index contributed by atoms with van der Waals surface area (Å²) in [5.74, 6) is 2.99. The summed E-state index contributed by atoms with van der Waals surface area (Å²) in [6, 6.07) is 8.56. The number of piperidine rings is 1. The Morgan fingerprint density at radius 2 is 2.04 bits per heavy atom. The first-order chi connectivity index (χ1) is 11.1. The molecular formula is C19H30N2OS. The molecule has 1 aliphatic rings. The largest absolute Gasteiger partial charge is 0.356 e. The lowest BCUT2D eigenvalue weighted by atomic mass is 9.93. The summed E-state index contributed by atoms with van der Waals surface area (Å²) >= 11 is 1.95. The number of rotatable bonds is 8. The number of likely N-dealkylation sites (tertiary alicyclic amines) is 1. The van der Waals surface area contributed by atoms with E-state index in [-0.39, 0.29) is 5.91 Å². The van der Waals surface area contributed by atoms with Crippen LogP contribution in [0.2, 0.25) is 0 Å². The summed E-state index contributed by atoms with van der Waals surface area (Å²) < 4.78 is 0. The Morgan fingerprint density at radius 1 is 1.30 bits per heavy atom. The van der Waals surface area contributed by atoms with E-state index in [1.165, 1.54) is 11.1 Å². The van der Waals surface area contributed by atoms with Crippen molar-refractivity contribution in [3.63, 3.8) is 0 Å². The molecule has 4 heteroatoms. The summed E-state index contributed by atoms with van der Waals surface area (Å²) in [4.78, 5) is 14.3.